The molecule has 2 aliphatic carbocycles. The van der Waals surface area contributed by atoms with Crippen LogP contribution in [0.1, 0.15) is 44.9 Å². The van der Waals surface area contributed by atoms with E-state index in [1.165, 1.54) is 71.1 Å². The molecule has 2 heteroatoms. The van der Waals surface area contributed by atoms with E-state index in [4.69, 9.17) is 0 Å². The molecule has 2 nitrogen and oxygen atoms in total. The molecule has 1 N–H and O–H groups in total. The van der Waals surface area contributed by atoms with Gasteiger partial charge in [0.1, 0.15) is 0 Å². The molecule has 0 aromatic heterocycles. The molecule has 1 heterocycles. The highest BCUT2D eigenvalue weighted by atomic mass is 15.2. The maximum Gasteiger partial charge on any atom is 0.0249 e. The van der Waals surface area contributed by atoms with Gasteiger partial charge in [0.05, 0.1) is 0 Å². The van der Waals surface area contributed by atoms with Crippen LogP contribution in [0.2, 0.25) is 0 Å². The summed E-state index contributed by atoms with van der Waals surface area (Å²) in [7, 11) is 0. The predicted molar refractivity (Wildman–Crippen MR) is 67.5 cm³/mol. The molecule has 0 spiro atoms. The molecule has 16 heavy (non-hydrogen) atoms. The lowest BCUT2D eigenvalue weighted by Gasteiger charge is -2.42. The van der Waals surface area contributed by atoms with Crippen LogP contribution < -0.4 is 5.32 Å². The van der Waals surface area contributed by atoms with Crippen molar-refractivity contribution in [2.45, 2.75) is 51.0 Å². The van der Waals surface area contributed by atoms with E-state index in [-0.39, 0.29) is 0 Å². The van der Waals surface area contributed by atoms with Crippen molar-refractivity contribution in [2.75, 3.05) is 26.2 Å². The Balaban J connectivity index is 1.59. The van der Waals surface area contributed by atoms with Crippen LogP contribution in [-0.4, -0.2) is 37.1 Å². The summed E-state index contributed by atoms with van der Waals surface area (Å²) in [5.74, 6) is 2.06. The second-order valence-electron chi connectivity index (χ2n) is 6.11. The Bertz CT molecular complexity index is 219. The summed E-state index contributed by atoms with van der Waals surface area (Å²) >= 11 is 0. The number of rotatable bonds is 3. The molecule has 0 aromatic carbocycles. The number of nitrogens with zero attached hydrogens (tertiary/aromatic N) is 1. The molecule has 1 unspecified atom stereocenters. The fourth-order valence-corrected chi connectivity index (χ4v) is 3.61. The van der Waals surface area contributed by atoms with Crippen molar-refractivity contribution < 1.29 is 0 Å². The Morgan fingerprint density at radius 2 is 1.81 bits per heavy atom. The zero-order valence-corrected chi connectivity index (χ0v) is 10.5. The Labute approximate surface area is 99.8 Å². The van der Waals surface area contributed by atoms with Crippen molar-refractivity contribution in [1.29, 1.82) is 0 Å². The molecule has 3 rings (SSSR count). The van der Waals surface area contributed by atoms with Crippen molar-refractivity contribution in [3.63, 3.8) is 0 Å². The first-order valence-electron chi connectivity index (χ1n) is 7.38. The molecule has 0 radical (unpaired) electrons. The van der Waals surface area contributed by atoms with Crippen molar-refractivity contribution in [3.8, 4) is 0 Å². The van der Waals surface area contributed by atoms with Gasteiger partial charge in [-0.05, 0) is 37.5 Å². The van der Waals surface area contributed by atoms with Gasteiger partial charge in [-0.3, -0.25) is 4.90 Å². The van der Waals surface area contributed by atoms with E-state index >= 15 is 0 Å². The molecule has 1 aliphatic heterocycles. The van der Waals surface area contributed by atoms with Crippen LogP contribution in [0, 0.1) is 11.8 Å². The molecule has 3 fully saturated rings. The van der Waals surface area contributed by atoms with Gasteiger partial charge in [0.2, 0.25) is 0 Å². The molecule has 0 bridgehead atoms. The lowest BCUT2D eigenvalue weighted by Crippen LogP contribution is -2.55. The molecular formula is C14H26N2. The van der Waals surface area contributed by atoms with Crippen LogP contribution in [0.25, 0.3) is 0 Å². The Morgan fingerprint density at radius 3 is 2.56 bits per heavy atom. The molecule has 92 valence electrons. The van der Waals surface area contributed by atoms with Gasteiger partial charge in [0.25, 0.3) is 0 Å². The van der Waals surface area contributed by atoms with E-state index in [9.17, 15) is 0 Å². The minimum atomic E-state index is 0.870. The van der Waals surface area contributed by atoms with E-state index in [1.807, 2.05) is 0 Å². The maximum absolute atomic E-state index is 3.61. The highest BCUT2D eigenvalue weighted by Gasteiger charge is 2.33. The Kier molecular flexibility index (Phi) is 3.49. The summed E-state index contributed by atoms with van der Waals surface area (Å²) < 4.78 is 0. The Hall–Kier alpha value is -0.0800. The summed E-state index contributed by atoms with van der Waals surface area (Å²) in [5, 5.41) is 3.61. The minimum Gasteiger partial charge on any atom is -0.314 e. The Morgan fingerprint density at radius 1 is 1.00 bits per heavy atom. The smallest absolute Gasteiger partial charge is 0.0249 e. The van der Waals surface area contributed by atoms with E-state index < -0.39 is 0 Å². The van der Waals surface area contributed by atoms with Gasteiger partial charge in [-0.1, -0.05) is 19.3 Å². The van der Waals surface area contributed by atoms with Gasteiger partial charge in [0.15, 0.2) is 0 Å². The monoisotopic (exact) mass is 222 g/mol. The molecule has 2 saturated carbocycles. The van der Waals surface area contributed by atoms with Crippen LogP contribution in [0.5, 0.6) is 0 Å². The average Bonchev–Trinajstić information content (AvgIpc) is 3.15. The third kappa shape index (κ3) is 2.60. The van der Waals surface area contributed by atoms with Crippen LogP contribution in [0.15, 0.2) is 0 Å². The summed E-state index contributed by atoms with van der Waals surface area (Å²) in [6, 6.07) is 0.870. The van der Waals surface area contributed by atoms with Crippen molar-refractivity contribution in [2.24, 2.45) is 11.8 Å². The fourth-order valence-electron chi connectivity index (χ4n) is 3.61. The van der Waals surface area contributed by atoms with Crippen LogP contribution in [0.3, 0.4) is 0 Å². The van der Waals surface area contributed by atoms with Crippen molar-refractivity contribution in [3.05, 3.63) is 0 Å². The summed E-state index contributed by atoms with van der Waals surface area (Å²) in [5.41, 5.74) is 0. The highest BCUT2D eigenvalue weighted by Crippen LogP contribution is 2.34. The number of nitrogens with one attached hydrogen (secondary N) is 1. The molecule has 0 aromatic rings. The van der Waals surface area contributed by atoms with Gasteiger partial charge in [-0.15, -0.1) is 0 Å². The van der Waals surface area contributed by atoms with E-state index in [0.717, 1.165) is 17.9 Å². The van der Waals surface area contributed by atoms with Crippen molar-refractivity contribution in [1.82, 2.24) is 10.2 Å². The molecule has 1 atom stereocenters. The van der Waals surface area contributed by atoms with E-state index in [0.29, 0.717) is 0 Å². The molecule has 0 amide bonds. The molecule has 3 aliphatic rings. The third-order valence-corrected chi connectivity index (χ3v) is 4.78. The second-order valence-corrected chi connectivity index (χ2v) is 6.11. The van der Waals surface area contributed by atoms with Gasteiger partial charge >= 0.3 is 0 Å². The van der Waals surface area contributed by atoms with E-state index in [2.05, 4.69) is 10.2 Å². The zero-order chi connectivity index (χ0) is 10.8. The quantitative estimate of drug-likeness (QED) is 0.788. The average molecular weight is 222 g/mol. The third-order valence-electron chi connectivity index (χ3n) is 4.78. The largest absolute Gasteiger partial charge is 0.314 e. The number of piperazine rings is 1. The standard InChI is InChI=1S/C14H26N2/c1-2-4-13(5-3-1)14-10-15-8-9-16(14)11-12-6-7-12/h12-15H,1-11H2. The highest BCUT2D eigenvalue weighted by molar-refractivity contribution is 4.89. The summed E-state index contributed by atoms with van der Waals surface area (Å²) in [4.78, 5) is 2.82. The molecule has 1 saturated heterocycles. The van der Waals surface area contributed by atoms with Crippen LogP contribution >= 0.6 is 0 Å². The maximum atomic E-state index is 3.61. The normalized spacial score (nSPS) is 34.1. The fraction of sp³-hybridized carbons (Fsp3) is 1.00. The first-order valence-corrected chi connectivity index (χ1v) is 7.38. The van der Waals surface area contributed by atoms with E-state index in [1.54, 1.807) is 0 Å². The number of hydrogen-bond donors (Lipinski definition) is 1. The zero-order valence-electron chi connectivity index (χ0n) is 10.5. The van der Waals surface area contributed by atoms with Crippen LogP contribution in [0.4, 0.5) is 0 Å². The number of hydrogen-bond acceptors (Lipinski definition) is 2. The SMILES string of the molecule is C1CCC(C2CNCCN2CC2CC2)CC1. The second kappa shape index (κ2) is 5.05. The predicted octanol–water partition coefficient (Wildman–Crippen LogP) is 2.25. The van der Waals surface area contributed by atoms with Gasteiger partial charge in [-0.25, -0.2) is 0 Å². The first-order chi connectivity index (χ1) is 7.93. The topological polar surface area (TPSA) is 15.3 Å². The van der Waals surface area contributed by atoms with Gasteiger partial charge < -0.3 is 5.32 Å². The summed E-state index contributed by atoms with van der Waals surface area (Å²) in [6.45, 7) is 5.19. The lowest BCUT2D eigenvalue weighted by molar-refractivity contribution is 0.0882. The van der Waals surface area contributed by atoms with Crippen LogP contribution in [-0.2, 0) is 0 Å². The minimum absolute atomic E-state index is 0.870. The lowest BCUT2D eigenvalue weighted by atomic mass is 9.82. The summed E-state index contributed by atoms with van der Waals surface area (Å²) in [6.07, 6.45) is 10.4. The molecular weight excluding hydrogens is 196 g/mol. The van der Waals surface area contributed by atoms with Gasteiger partial charge in [-0.2, -0.15) is 0 Å². The van der Waals surface area contributed by atoms with Crippen molar-refractivity contribution >= 4 is 0 Å². The first kappa shape index (κ1) is 11.0. The van der Waals surface area contributed by atoms with Gasteiger partial charge in [0, 0.05) is 32.2 Å².